The van der Waals surface area contributed by atoms with E-state index in [1.165, 1.54) is 24.3 Å². The maximum atomic E-state index is 12.1. The Morgan fingerprint density at radius 1 is 1.29 bits per heavy atom. The Balaban J connectivity index is 0.00000169. The van der Waals surface area contributed by atoms with Crippen LogP contribution in [0.15, 0.2) is 24.3 Å². The van der Waals surface area contributed by atoms with E-state index in [4.69, 9.17) is 17.3 Å². The number of hydrogen-bond donors (Lipinski definition) is 1. The van der Waals surface area contributed by atoms with Crippen LogP contribution in [0.25, 0.3) is 0 Å². The zero-order chi connectivity index (χ0) is 10.1. The predicted octanol–water partition coefficient (Wildman–Crippen LogP) is 3.32. The lowest BCUT2D eigenvalue weighted by Crippen LogP contribution is -2.28. The molecule has 0 amide bonds. The van der Waals surface area contributed by atoms with Crippen molar-refractivity contribution in [1.29, 1.82) is 0 Å². The van der Waals surface area contributed by atoms with Gasteiger partial charge in [-0.05, 0) is 17.7 Å². The highest BCUT2D eigenvalue weighted by molar-refractivity contribution is 6.30. The van der Waals surface area contributed by atoms with E-state index in [0.717, 1.165) is 0 Å². The SMILES string of the molecule is Cl.N[C@H](c1cccc(Cl)c1)C(F)(F)F. The van der Waals surface area contributed by atoms with Gasteiger partial charge in [-0.15, -0.1) is 12.4 Å². The van der Waals surface area contributed by atoms with Crippen molar-refractivity contribution in [3.05, 3.63) is 34.9 Å². The van der Waals surface area contributed by atoms with Crippen LogP contribution in [0.3, 0.4) is 0 Å². The zero-order valence-corrected chi connectivity index (χ0v) is 8.46. The quantitative estimate of drug-likeness (QED) is 0.808. The minimum Gasteiger partial charge on any atom is -0.316 e. The van der Waals surface area contributed by atoms with Gasteiger partial charge < -0.3 is 5.73 Å². The molecule has 0 heterocycles. The van der Waals surface area contributed by atoms with Crippen molar-refractivity contribution in [3.8, 4) is 0 Å². The molecule has 0 fully saturated rings. The van der Waals surface area contributed by atoms with E-state index in [1.807, 2.05) is 0 Å². The van der Waals surface area contributed by atoms with Gasteiger partial charge >= 0.3 is 6.18 Å². The molecule has 1 aromatic rings. The Bertz CT molecular complexity index is 301. The standard InChI is InChI=1S/C8H7ClF3N.ClH/c9-6-3-1-2-5(4-6)7(13)8(10,11)12;/h1-4,7H,13H2;1H/t7-;/m1./s1. The van der Waals surface area contributed by atoms with E-state index in [2.05, 4.69) is 0 Å². The lowest BCUT2D eigenvalue weighted by atomic mass is 10.1. The van der Waals surface area contributed by atoms with E-state index in [0.29, 0.717) is 0 Å². The molecule has 0 unspecified atom stereocenters. The minimum atomic E-state index is -4.43. The fourth-order valence-electron chi connectivity index (χ4n) is 0.889. The van der Waals surface area contributed by atoms with E-state index in [-0.39, 0.29) is 23.0 Å². The molecule has 1 nitrogen and oxygen atoms in total. The van der Waals surface area contributed by atoms with E-state index in [1.54, 1.807) is 0 Å². The van der Waals surface area contributed by atoms with Gasteiger partial charge in [0.2, 0.25) is 0 Å². The molecule has 0 aromatic heterocycles. The topological polar surface area (TPSA) is 26.0 Å². The maximum absolute atomic E-state index is 12.1. The molecule has 1 atom stereocenters. The van der Waals surface area contributed by atoms with Crippen LogP contribution in [0.5, 0.6) is 0 Å². The lowest BCUT2D eigenvalue weighted by molar-refractivity contribution is -0.149. The van der Waals surface area contributed by atoms with Crippen LogP contribution in [-0.2, 0) is 0 Å². The van der Waals surface area contributed by atoms with Gasteiger partial charge in [-0.2, -0.15) is 13.2 Å². The smallest absolute Gasteiger partial charge is 0.316 e. The fourth-order valence-corrected chi connectivity index (χ4v) is 1.09. The second-order valence-electron chi connectivity index (χ2n) is 2.57. The summed E-state index contributed by atoms with van der Waals surface area (Å²) in [5.41, 5.74) is 4.93. The van der Waals surface area contributed by atoms with Gasteiger partial charge in [-0.1, -0.05) is 23.7 Å². The molecule has 1 rings (SSSR count). The molecule has 2 N–H and O–H groups in total. The first kappa shape index (κ1) is 13.5. The molecule has 1 aromatic carbocycles. The number of hydrogen-bond acceptors (Lipinski definition) is 1. The number of benzene rings is 1. The number of rotatable bonds is 1. The van der Waals surface area contributed by atoms with Gasteiger partial charge in [-0.25, -0.2) is 0 Å². The summed E-state index contributed by atoms with van der Waals surface area (Å²) in [5, 5.41) is 0.247. The van der Waals surface area contributed by atoms with Gasteiger partial charge in [0.05, 0.1) is 0 Å². The van der Waals surface area contributed by atoms with Crippen LogP contribution >= 0.6 is 24.0 Å². The van der Waals surface area contributed by atoms with E-state index in [9.17, 15) is 13.2 Å². The van der Waals surface area contributed by atoms with Crippen molar-refractivity contribution in [2.75, 3.05) is 0 Å². The van der Waals surface area contributed by atoms with Crippen molar-refractivity contribution in [2.24, 2.45) is 5.73 Å². The molecular weight excluding hydrogens is 238 g/mol. The second kappa shape index (κ2) is 4.87. The molecule has 14 heavy (non-hydrogen) atoms. The van der Waals surface area contributed by atoms with Crippen LogP contribution in [0, 0.1) is 0 Å². The van der Waals surface area contributed by atoms with Crippen molar-refractivity contribution < 1.29 is 13.2 Å². The molecule has 0 saturated heterocycles. The molecular formula is C8H8Cl2F3N. The van der Waals surface area contributed by atoms with Crippen LogP contribution in [0.1, 0.15) is 11.6 Å². The minimum absolute atomic E-state index is 0. The van der Waals surface area contributed by atoms with Gasteiger partial charge in [0.25, 0.3) is 0 Å². The molecule has 0 aliphatic heterocycles. The van der Waals surface area contributed by atoms with E-state index >= 15 is 0 Å². The first-order valence-corrected chi connectivity index (χ1v) is 3.87. The molecule has 0 aliphatic rings. The number of alkyl halides is 3. The zero-order valence-electron chi connectivity index (χ0n) is 6.88. The first-order chi connectivity index (χ1) is 5.91. The average Bonchev–Trinajstić information content (AvgIpc) is 2.01. The largest absolute Gasteiger partial charge is 0.407 e. The monoisotopic (exact) mass is 245 g/mol. The Kier molecular flexibility index (Phi) is 4.71. The Morgan fingerprint density at radius 2 is 1.86 bits per heavy atom. The van der Waals surface area contributed by atoms with Crippen LogP contribution < -0.4 is 5.73 Å². The van der Waals surface area contributed by atoms with Crippen molar-refractivity contribution >= 4 is 24.0 Å². The summed E-state index contributed by atoms with van der Waals surface area (Å²) in [7, 11) is 0. The summed E-state index contributed by atoms with van der Waals surface area (Å²) in [4.78, 5) is 0. The van der Waals surface area contributed by atoms with Crippen LogP contribution in [0.2, 0.25) is 5.02 Å². The number of halogens is 5. The summed E-state index contributed by atoms with van der Waals surface area (Å²) < 4.78 is 36.3. The molecule has 0 radical (unpaired) electrons. The summed E-state index contributed by atoms with van der Waals surface area (Å²) in [6.45, 7) is 0. The third-order valence-corrected chi connectivity index (χ3v) is 1.80. The molecule has 6 heteroatoms. The fraction of sp³-hybridized carbons (Fsp3) is 0.250. The van der Waals surface area contributed by atoms with Gasteiger partial charge in [0, 0.05) is 5.02 Å². The van der Waals surface area contributed by atoms with E-state index < -0.39 is 12.2 Å². The second-order valence-corrected chi connectivity index (χ2v) is 3.01. The Hall–Kier alpha value is -0.450. The molecule has 0 spiro atoms. The first-order valence-electron chi connectivity index (χ1n) is 3.49. The molecule has 0 saturated carbocycles. The van der Waals surface area contributed by atoms with Crippen molar-refractivity contribution in [2.45, 2.75) is 12.2 Å². The number of nitrogens with two attached hydrogens (primary N) is 1. The lowest BCUT2D eigenvalue weighted by Gasteiger charge is -2.15. The maximum Gasteiger partial charge on any atom is 0.407 e. The summed E-state index contributed by atoms with van der Waals surface area (Å²) in [5.74, 6) is 0. The molecule has 80 valence electrons. The molecule has 0 aliphatic carbocycles. The van der Waals surface area contributed by atoms with Gasteiger partial charge in [0.15, 0.2) is 0 Å². The highest BCUT2D eigenvalue weighted by Crippen LogP contribution is 2.31. The summed E-state index contributed by atoms with van der Waals surface area (Å²) in [6.07, 6.45) is -4.43. The van der Waals surface area contributed by atoms with Crippen LogP contribution in [-0.4, -0.2) is 6.18 Å². The highest BCUT2D eigenvalue weighted by Gasteiger charge is 2.37. The predicted molar refractivity (Wildman–Crippen MR) is 51.7 cm³/mol. The van der Waals surface area contributed by atoms with Gasteiger partial charge in [0.1, 0.15) is 6.04 Å². The Labute approximate surface area is 90.5 Å². The molecule has 0 bridgehead atoms. The van der Waals surface area contributed by atoms with Crippen molar-refractivity contribution in [3.63, 3.8) is 0 Å². The van der Waals surface area contributed by atoms with Crippen LogP contribution in [0.4, 0.5) is 13.2 Å². The summed E-state index contributed by atoms with van der Waals surface area (Å²) in [6, 6.07) is 3.47. The average molecular weight is 246 g/mol. The third-order valence-electron chi connectivity index (χ3n) is 1.56. The normalized spacial score (nSPS) is 13.2. The summed E-state index contributed by atoms with van der Waals surface area (Å²) >= 11 is 5.52. The highest BCUT2D eigenvalue weighted by atomic mass is 35.5. The third kappa shape index (κ3) is 3.36. The Morgan fingerprint density at radius 3 is 2.29 bits per heavy atom. The van der Waals surface area contributed by atoms with Gasteiger partial charge in [-0.3, -0.25) is 0 Å². The van der Waals surface area contributed by atoms with Crippen molar-refractivity contribution in [1.82, 2.24) is 0 Å².